The van der Waals surface area contributed by atoms with E-state index in [2.05, 4.69) is 4.74 Å². The van der Waals surface area contributed by atoms with E-state index in [1.54, 1.807) is 0 Å². The monoisotopic (exact) mass is 212 g/mol. The molecule has 0 aromatic rings. The van der Waals surface area contributed by atoms with Crippen molar-refractivity contribution >= 4 is 5.97 Å². The van der Waals surface area contributed by atoms with Crippen LogP contribution in [0.2, 0.25) is 0 Å². The Morgan fingerprint density at radius 3 is 1.77 bits per heavy atom. The highest BCUT2D eigenvalue weighted by Crippen LogP contribution is 2.24. The number of ether oxygens (including phenoxy) is 1. The minimum absolute atomic E-state index is 2.65. The van der Waals surface area contributed by atoms with Crippen LogP contribution in [0.25, 0.3) is 0 Å². The molecule has 0 heterocycles. The Labute approximate surface area is 66.9 Å². The van der Waals surface area contributed by atoms with Crippen LogP contribution in [0.3, 0.4) is 0 Å². The molecule has 0 radical (unpaired) electrons. The van der Waals surface area contributed by atoms with E-state index in [0.29, 0.717) is 0 Å². The molecule has 3 nitrogen and oxygen atoms in total. The Bertz CT molecular complexity index is 193. The minimum Gasteiger partial charge on any atom is -0.419 e. The van der Waals surface area contributed by atoms with Crippen molar-refractivity contribution in [2.45, 2.75) is 18.6 Å². The summed E-state index contributed by atoms with van der Waals surface area (Å²) in [7, 11) is 0. The van der Waals surface area contributed by atoms with Gasteiger partial charge in [-0.05, 0) is 0 Å². The Balaban J connectivity index is 4.24. The lowest BCUT2D eigenvalue weighted by Gasteiger charge is -2.15. The lowest BCUT2D eigenvalue weighted by Crippen LogP contribution is -2.38. The van der Waals surface area contributed by atoms with Gasteiger partial charge < -0.3 is 9.84 Å². The second-order valence-electron chi connectivity index (χ2n) is 1.80. The van der Waals surface area contributed by atoms with E-state index in [1.807, 2.05) is 0 Å². The summed E-state index contributed by atoms with van der Waals surface area (Å²) >= 11 is 0. The maximum absolute atomic E-state index is 11.3. The zero-order chi connectivity index (χ0) is 10.9. The molecule has 0 saturated heterocycles. The van der Waals surface area contributed by atoms with E-state index >= 15 is 0 Å². The first-order valence-electron chi connectivity index (χ1n) is 2.57. The van der Waals surface area contributed by atoms with E-state index < -0.39 is 24.6 Å². The molecule has 0 aliphatic rings. The lowest BCUT2D eigenvalue weighted by molar-refractivity contribution is -0.296. The molecule has 1 N–H and O–H groups in total. The van der Waals surface area contributed by atoms with E-state index in [9.17, 15) is 31.1 Å². The summed E-state index contributed by atoms with van der Waals surface area (Å²) in [6.07, 6.45) is -14.8. The van der Waals surface area contributed by atoms with Crippen molar-refractivity contribution in [1.29, 1.82) is 0 Å². The van der Waals surface area contributed by atoms with Crippen LogP contribution in [0, 0.1) is 0 Å². The second-order valence-corrected chi connectivity index (χ2v) is 1.80. The van der Waals surface area contributed by atoms with E-state index in [-0.39, 0.29) is 0 Å². The number of halogens is 6. The summed E-state index contributed by atoms with van der Waals surface area (Å²) in [4.78, 5) is 9.71. The molecule has 0 fully saturated rings. The van der Waals surface area contributed by atoms with Gasteiger partial charge in [0.05, 0.1) is 0 Å². The molecule has 1 unspecified atom stereocenters. The predicted octanol–water partition coefficient (Wildman–Crippen LogP) is 0.973. The van der Waals surface area contributed by atoms with Crippen LogP contribution in [-0.2, 0) is 9.53 Å². The average Bonchev–Trinajstić information content (AvgIpc) is 1.82. The molecule has 78 valence electrons. The number of carbonyl (C=O) groups excluding carboxylic acids is 1. The molecule has 0 bridgehead atoms. The van der Waals surface area contributed by atoms with Gasteiger partial charge in [-0.25, -0.2) is 4.79 Å². The third-order valence-corrected chi connectivity index (χ3v) is 0.730. The first kappa shape index (κ1) is 12.0. The summed E-state index contributed by atoms with van der Waals surface area (Å²) in [5.41, 5.74) is 0. The Morgan fingerprint density at radius 1 is 1.15 bits per heavy atom. The van der Waals surface area contributed by atoms with Gasteiger partial charge in [0.1, 0.15) is 0 Å². The first-order chi connectivity index (χ1) is 5.55. The fraction of sp³-hybridized carbons (Fsp3) is 0.750. The SMILES string of the molecule is O=C(OC(O)C(F)(F)F)C(F)(F)F. The molecule has 0 rings (SSSR count). The van der Waals surface area contributed by atoms with Crippen LogP contribution in [0.5, 0.6) is 0 Å². The lowest BCUT2D eigenvalue weighted by atomic mass is 10.6. The van der Waals surface area contributed by atoms with Gasteiger partial charge in [0.15, 0.2) is 0 Å². The van der Waals surface area contributed by atoms with Gasteiger partial charge in [-0.3, -0.25) is 0 Å². The molecule has 0 aliphatic carbocycles. The zero-order valence-corrected chi connectivity index (χ0v) is 5.61. The van der Waals surface area contributed by atoms with Crippen LogP contribution >= 0.6 is 0 Å². The zero-order valence-electron chi connectivity index (χ0n) is 5.61. The quantitative estimate of drug-likeness (QED) is 0.400. The molecule has 0 aliphatic heterocycles. The van der Waals surface area contributed by atoms with Crippen molar-refractivity contribution in [2.24, 2.45) is 0 Å². The Kier molecular flexibility index (Phi) is 3.14. The topological polar surface area (TPSA) is 46.5 Å². The number of aliphatic hydroxyl groups excluding tert-OH is 1. The van der Waals surface area contributed by atoms with Crippen LogP contribution < -0.4 is 0 Å². The van der Waals surface area contributed by atoms with Crippen LogP contribution in [0.4, 0.5) is 26.3 Å². The highest BCUT2D eigenvalue weighted by atomic mass is 19.4. The maximum atomic E-state index is 11.3. The summed E-state index contributed by atoms with van der Waals surface area (Å²) in [5.74, 6) is -3.10. The minimum atomic E-state index is -5.56. The number of aliphatic hydroxyl groups is 1. The van der Waals surface area contributed by atoms with Crippen LogP contribution in [0.1, 0.15) is 0 Å². The highest BCUT2D eigenvalue weighted by molar-refractivity contribution is 5.75. The third-order valence-electron chi connectivity index (χ3n) is 0.730. The molecule has 0 aromatic carbocycles. The summed E-state index contributed by atoms with van der Waals surface area (Å²) in [5, 5.41) is 7.85. The molecule has 0 spiro atoms. The van der Waals surface area contributed by atoms with Gasteiger partial charge in [-0.2, -0.15) is 26.3 Å². The first-order valence-corrected chi connectivity index (χ1v) is 2.57. The summed E-state index contributed by atoms with van der Waals surface area (Å²) in [6.45, 7) is 0. The molecular formula is C4H2F6O3. The van der Waals surface area contributed by atoms with Crippen molar-refractivity contribution in [3.05, 3.63) is 0 Å². The maximum Gasteiger partial charge on any atom is 0.491 e. The molecule has 0 saturated carbocycles. The van der Waals surface area contributed by atoms with E-state index in [4.69, 9.17) is 5.11 Å². The summed E-state index contributed by atoms with van der Waals surface area (Å²) < 4.78 is 70.3. The fourth-order valence-corrected chi connectivity index (χ4v) is 0.235. The normalized spacial score (nSPS) is 15.3. The van der Waals surface area contributed by atoms with Crippen molar-refractivity contribution < 1.29 is 41.0 Å². The van der Waals surface area contributed by atoms with Gasteiger partial charge in [-0.15, -0.1) is 0 Å². The van der Waals surface area contributed by atoms with Crippen LogP contribution in [0.15, 0.2) is 0 Å². The molecule has 0 aromatic heterocycles. The third kappa shape index (κ3) is 3.97. The number of hydrogen-bond acceptors (Lipinski definition) is 3. The number of hydrogen-bond donors (Lipinski definition) is 1. The Hall–Kier alpha value is -0.990. The van der Waals surface area contributed by atoms with Gasteiger partial charge in [0, 0.05) is 0 Å². The molecule has 1 atom stereocenters. The van der Waals surface area contributed by atoms with Gasteiger partial charge in [-0.1, -0.05) is 0 Å². The average molecular weight is 212 g/mol. The predicted molar refractivity (Wildman–Crippen MR) is 24.2 cm³/mol. The molecule has 0 amide bonds. The van der Waals surface area contributed by atoms with Crippen molar-refractivity contribution in [3.63, 3.8) is 0 Å². The standard InChI is InChI=1S/C4H2F6O3/c5-3(6,7)1(11)13-2(12)4(8,9)10/h1,11H. The van der Waals surface area contributed by atoms with Crippen LogP contribution in [-0.4, -0.2) is 29.7 Å². The summed E-state index contributed by atoms with van der Waals surface area (Å²) in [6, 6.07) is 0. The van der Waals surface area contributed by atoms with Gasteiger partial charge in [0.25, 0.3) is 6.29 Å². The van der Waals surface area contributed by atoms with Gasteiger partial charge >= 0.3 is 18.3 Å². The largest absolute Gasteiger partial charge is 0.491 e. The van der Waals surface area contributed by atoms with Crippen molar-refractivity contribution in [3.8, 4) is 0 Å². The molecular weight excluding hydrogens is 210 g/mol. The number of carbonyl (C=O) groups is 1. The smallest absolute Gasteiger partial charge is 0.419 e. The Morgan fingerprint density at radius 2 is 1.54 bits per heavy atom. The number of rotatable bonds is 1. The second kappa shape index (κ2) is 3.40. The molecule has 13 heavy (non-hydrogen) atoms. The number of esters is 1. The van der Waals surface area contributed by atoms with E-state index in [0.717, 1.165) is 0 Å². The van der Waals surface area contributed by atoms with Crippen molar-refractivity contribution in [2.75, 3.05) is 0 Å². The molecule has 9 heteroatoms. The van der Waals surface area contributed by atoms with E-state index in [1.165, 1.54) is 0 Å². The number of alkyl halides is 6. The van der Waals surface area contributed by atoms with Gasteiger partial charge in [0.2, 0.25) is 0 Å². The van der Waals surface area contributed by atoms with Crippen molar-refractivity contribution in [1.82, 2.24) is 0 Å². The highest BCUT2D eigenvalue weighted by Gasteiger charge is 2.48. The fourth-order valence-electron chi connectivity index (χ4n) is 0.235.